The summed E-state index contributed by atoms with van der Waals surface area (Å²) in [6, 6.07) is -0.487. The molecule has 3 N–H and O–H groups in total. The molecule has 116 valence electrons. The number of carboxylic acids is 1. The summed E-state index contributed by atoms with van der Waals surface area (Å²) in [5.41, 5.74) is -0.938. The summed E-state index contributed by atoms with van der Waals surface area (Å²) >= 11 is 0. The van der Waals surface area contributed by atoms with Gasteiger partial charge in [0.1, 0.15) is 0 Å². The van der Waals surface area contributed by atoms with Gasteiger partial charge in [0.15, 0.2) is 0 Å². The number of hydrogen-bond acceptors (Lipinski definition) is 3. The first-order valence-corrected chi connectivity index (χ1v) is 6.63. The van der Waals surface area contributed by atoms with Gasteiger partial charge in [-0.25, -0.2) is 0 Å². The molecule has 0 spiro atoms. The molecule has 0 rings (SSSR count). The average molecular weight is 286 g/mol. The molecule has 0 aliphatic heterocycles. The third kappa shape index (κ3) is 7.11. The summed E-state index contributed by atoms with van der Waals surface area (Å²) in [7, 11) is 0. The zero-order valence-electron chi connectivity index (χ0n) is 13.2. The van der Waals surface area contributed by atoms with Crippen LogP contribution in [0, 0.1) is 10.8 Å². The highest BCUT2D eigenvalue weighted by molar-refractivity contribution is 5.87. The lowest BCUT2D eigenvalue weighted by molar-refractivity contribution is -0.139. The van der Waals surface area contributed by atoms with Crippen LogP contribution < -0.4 is 10.6 Å². The van der Waals surface area contributed by atoms with Crippen LogP contribution in [0.1, 0.15) is 48.0 Å². The quantitative estimate of drug-likeness (QED) is 0.706. The highest BCUT2D eigenvalue weighted by atomic mass is 16.4. The van der Waals surface area contributed by atoms with E-state index in [0.29, 0.717) is 0 Å². The topological polar surface area (TPSA) is 95.5 Å². The maximum Gasteiger partial charge on any atom is 0.305 e. The van der Waals surface area contributed by atoms with Crippen LogP contribution in [-0.2, 0) is 14.4 Å². The molecule has 0 saturated heterocycles. The predicted octanol–water partition coefficient (Wildman–Crippen LogP) is 1.15. The Balaban J connectivity index is 4.49. The number of carboxylic acid groups (broad SMARTS) is 1. The van der Waals surface area contributed by atoms with Crippen LogP contribution in [0.4, 0.5) is 0 Å². The van der Waals surface area contributed by atoms with E-state index < -0.39 is 17.4 Å². The second-order valence-corrected chi connectivity index (χ2v) is 7.02. The molecule has 0 aliphatic rings. The van der Waals surface area contributed by atoms with Crippen molar-refractivity contribution in [2.24, 2.45) is 10.8 Å². The number of aliphatic carboxylic acids is 1. The molecular formula is C14H26N2O4. The van der Waals surface area contributed by atoms with Gasteiger partial charge in [-0.15, -0.1) is 0 Å². The molecule has 0 aliphatic carbocycles. The Morgan fingerprint density at radius 3 is 1.90 bits per heavy atom. The molecule has 20 heavy (non-hydrogen) atoms. The highest BCUT2D eigenvalue weighted by Gasteiger charge is 2.29. The van der Waals surface area contributed by atoms with E-state index in [0.717, 1.165) is 0 Å². The molecule has 0 radical (unpaired) electrons. The maximum atomic E-state index is 11.8. The van der Waals surface area contributed by atoms with Gasteiger partial charge in [-0.3, -0.25) is 14.4 Å². The van der Waals surface area contributed by atoms with Crippen LogP contribution >= 0.6 is 0 Å². The fraction of sp³-hybridized carbons (Fsp3) is 0.786. The van der Waals surface area contributed by atoms with E-state index in [1.54, 1.807) is 20.8 Å². The van der Waals surface area contributed by atoms with Gasteiger partial charge in [-0.2, -0.15) is 0 Å². The summed E-state index contributed by atoms with van der Waals surface area (Å²) in [6.07, 6.45) is -0.150. The minimum absolute atomic E-state index is 0.150. The van der Waals surface area contributed by atoms with Gasteiger partial charge in [0.25, 0.3) is 0 Å². The van der Waals surface area contributed by atoms with Gasteiger partial charge >= 0.3 is 5.97 Å². The summed E-state index contributed by atoms with van der Waals surface area (Å²) in [5.74, 6) is -1.58. The number of amides is 2. The molecular weight excluding hydrogens is 260 g/mol. The molecule has 1 unspecified atom stereocenters. The minimum atomic E-state index is -0.969. The van der Waals surface area contributed by atoms with Crippen molar-refractivity contribution in [2.75, 3.05) is 6.54 Å². The number of hydrogen-bond donors (Lipinski definition) is 3. The van der Waals surface area contributed by atoms with Crippen LogP contribution in [-0.4, -0.2) is 35.5 Å². The largest absolute Gasteiger partial charge is 0.481 e. The summed E-state index contributed by atoms with van der Waals surface area (Å²) in [6.45, 7) is 10.7. The van der Waals surface area contributed by atoms with Gasteiger partial charge in [-0.1, -0.05) is 41.5 Å². The SMILES string of the molecule is CC(C)(C)C(=O)NCC(=O)NC(CC(=O)O)C(C)(C)C. The predicted molar refractivity (Wildman–Crippen MR) is 76.1 cm³/mol. The Bertz CT molecular complexity index is 378. The van der Waals surface area contributed by atoms with Gasteiger partial charge in [0.05, 0.1) is 13.0 Å². The van der Waals surface area contributed by atoms with Gasteiger partial charge in [0.2, 0.25) is 11.8 Å². The average Bonchev–Trinajstić information content (AvgIpc) is 2.21. The Hall–Kier alpha value is -1.59. The van der Waals surface area contributed by atoms with Crippen molar-refractivity contribution >= 4 is 17.8 Å². The molecule has 0 saturated carbocycles. The van der Waals surface area contributed by atoms with Crippen molar-refractivity contribution in [3.8, 4) is 0 Å². The first-order valence-electron chi connectivity index (χ1n) is 6.63. The third-order valence-electron chi connectivity index (χ3n) is 2.85. The van der Waals surface area contributed by atoms with Crippen molar-refractivity contribution in [1.29, 1.82) is 0 Å². The van der Waals surface area contributed by atoms with Crippen LogP contribution in [0.3, 0.4) is 0 Å². The van der Waals surface area contributed by atoms with E-state index in [4.69, 9.17) is 5.11 Å². The van der Waals surface area contributed by atoms with Crippen LogP contribution in [0.5, 0.6) is 0 Å². The van der Waals surface area contributed by atoms with E-state index in [1.807, 2.05) is 20.8 Å². The van der Waals surface area contributed by atoms with Crippen LogP contribution in [0.15, 0.2) is 0 Å². The lowest BCUT2D eigenvalue weighted by Gasteiger charge is -2.30. The van der Waals surface area contributed by atoms with Crippen LogP contribution in [0.2, 0.25) is 0 Å². The van der Waals surface area contributed by atoms with E-state index in [2.05, 4.69) is 10.6 Å². The standard InChI is InChI=1S/C14H26N2O4/c1-13(2,3)9(7-11(18)19)16-10(17)8-15-12(20)14(4,5)6/h9H,7-8H2,1-6H3,(H,15,20)(H,16,17)(H,18,19). The van der Waals surface area contributed by atoms with Crippen molar-refractivity contribution in [1.82, 2.24) is 10.6 Å². The normalized spacial score (nSPS) is 13.5. The molecule has 0 aromatic heterocycles. The minimum Gasteiger partial charge on any atom is -0.481 e. The Morgan fingerprint density at radius 2 is 1.55 bits per heavy atom. The summed E-state index contributed by atoms with van der Waals surface area (Å²) in [4.78, 5) is 34.3. The van der Waals surface area contributed by atoms with Gasteiger partial charge in [0, 0.05) is 11.5 Å². The summed E-state index contributed by atoms with van der Waals surface area (Å²) in [5, 5.41) is 14.1. The molecule has 1 atom stereocenters. The fourth-order valence-corrected chi connectivity index (χ4v) is 1.42. The van der Waals surface area contributed by atoms with Gasteiger partial charge in [-0.05, 0) is 5.41 Å². The third-order valence-corrected chi connectivity index (χ3v) is 2.85. The lowest BCUT2D eigenvalue weighted by atomic mass is 9.84. The van der Waals surface area contributed by atoms with E-state index in [9.17, 15) is 14.4 Å². The van der Waals surface area contributed by atoms with Gasteiger partial charge < -0.3 is 15.7 Å². The molecule has 0 bridgehead atoms. The monoisotopic (exact) mass is 286 g/mol. The number of rotatable bonds is 5. The Labute approximate surface area is 120 Å². The highest BCUT2D eigenvalue weighted by Crippen LogP contribution is 2.21. The Morgan fingerprint density at radius 1 is 1.05 bits per heavy atom. The van der Waals surface area contributed by atoms with Crippen molar-refractivity contribution in [3.63, 3.8) is 0 Å². The molecule has 0 heterocycles. The van der Waals surface area contributed by atoms with E-state index >= 15 is 0 Å². The second kappa shape index (κ2) is 6.72. The molecule has 0 aromatic rings. The second-order valence-electron chi connectivity index (χ2n) is 7.02. The number of carbonyl (C=O) groups is 3. The molecule has 6 heteroatoms. The number of nitrogens with one attached hydrogen (secondary N) is 2. The van der Waals surface area contributed by atoms with Crippen molar-refractivity contribution in [2.45, 2.75) is 54.0 Å². The first-order chi connectivity index (χ1) is 8.84. The van der Waals surface area contributed by atoms with Crippen molar-refractivity contribution < 1.29 is 19.5 Å². The van der Waals surface area contributed by atoms with Crippen molar-refractivity contribution in [3.05, 3.63) is 0 Å². The lowest BCUT2D eigenvalue weighted by Crippen LogP contribution is -2.49. The maximum absolute atomic E-state index is 11.8. The molecule has 0 fully saturated rings. The molecule has 2 amide bonds. The smallest absolute Gasteiger partial charge is 0.305 e. The molecule has 0 aromatic carbocycles. The molecule has 6 nitrogen and oxygen atoms in total. The van der Waals surface area contributed by atoms with E-state index in [1.165, 1.54) is 0 Å². The fourth-order valence-electron chi connectivity index (χ4n) is 1.42. The zero-order chi connectivity index (χ0) is 16.1. The van der Waals surface area contributed by atoms with Crippen LogP contribution in [0.25, 0.3) is 0 Å². The summed E-state index contributed by atoms with van der Waals surface area (Å²) < 4.78 is 0. The zero-order valence-corrected chi connectivity index (χ0v) is 13.2. The Kier molecular flexibility index (Phi) is 6.19. The first kappa shape index (κ1) is 18.4. The number of carbonyl (C=O) groups excluding carboxylic acids is 2. The van der Waals surface area contributed by atoms with E-state index in [-0.39, 0.29) is 30.2 Å².